The van der Waals surface area contributed by atoms with Crippen LogP contribution in [0, 0.1) is 13.8 Å². The minimum absolute atomic E-state index is 0.374. The summed E-state index contributed by atoms with van der Waals surface area (Å²) >= 11 is 1.30. The summed E-state index contributed by atoms with van der Waals surface area (Å²) in [4.78, 5) is 29.8. The van der Waals surface area contributed by atoms with Crippen LogP contribution in [-0.4, -0.2) is 26.0 Å². The molecule has 3 aromatic carbocycles. The highest BCUT2D eigenvalue weighted by Crippen LogP contribution is 2.44. The van der Waals surface area contributed by atoms with Crippen LogP contribution < -0.4 is 14.4 Å². The average molecular weight is 446 g/mol. The Bertz CT molecular complexity index is 1230. The highest BCUT2D eigenvalue weighted by molar-refractivity contribution is 8.04. The number of thioether (sulfide) groups is 1. The number of amides is 2. The number of rotatable bonds is 6. The van der Waals surface area contributed by atoms with Gasteiger partial charge in [0.15, 0.2) is 0 Å². The van der Waals surface area contributed by atoms with Crippen molar-refractivity contribution in [2.75, 3.05) is 19.1 Å². The Kier molecular flexibility index (Phi) is 6.06. The molecule has 0 atom stereocenters. The van der Waals surface area contributed by atoms with E-state index in [0.29, 0.717) is 27.7 Å². The van der Waals surface area contributed by atoms with Crippen LogP contribution in [0.2, 0.25) is 0 Å². The van der Waals surface area contributed by atoms with E-state index < -0.39 is 0 Å². The van der Waals surface area contributed by atoms with Gasteiger partial charge in [0, 0.05) is 11.0 Å². The number of carbonyl (C=O) groups excluding carboxylic acids is 2. The van der Waals surface area contributed by atoms with Crippen molar-refractivity contribution in [1.82, 2.24) is 0 Å². The number of nitrogens with zero attached hydrogens (tertiary/aromatic N) is 1. The Labute approximate surface area is 191 Å². The van der Waals surface area contributed by atoms with Crippen molar-refractivity contribution in [3.05, 3.63) is 88.3 Å². The Balaban J connectivity index is 1.86. The number of methoxy groups -OCH3 is 2. The second-order valence-electron chi connectivity index (χ2n) is 7.40. The molecule has 0 spiro atoms. The summed E-state index contributed by atoms with van der Waals surface area (Å²) in [5.41, 5.74) is 3.68. The number of hydrogen-bond acceptors (Lipinski definition) is 5. The van der Waals surface area contributed by atoms with Crippen molar-refractivity contribution >= 4 is 34.8 Å². The fourth-order valence-electron chi connectivity index (χ4n) is 3.55. The molecule has 0 saturated carbocycles. The van der Waals surface area contributed by atoms with Gasteiger partial charge in [-0.05, 0) is 54.8 Å². The Morgan fingerprint density at radius 2 is 1.53 bits per heavy atom. The first-order valence-electron chi connectivity index (χ1n) is 10.1. The standard InChI is InChI=1S/C26H23NO4S/c1-16-10-11-18(14-17(16)2)23-24(32-20-8-6-5-7-9-20)26(29)27(25(23)28)21-13-12-19(30-3)15-22(21)31-4/h5-15H,1-4H3. The topological polar surface area (TPSA) is 55.8 Å². The number of hydrogen-bond donors (Lipinski definition) is 0. The first-order chi connectivity index (χ1) is 15.4. The maximum atomic E-state index is 13.7. The van der Waals surface area contributed by atoms with Gasteiger partial charge in [-0.2, -0.15) is 0 Å². The van der Waals surface area contributed by atoms with Crippen LogP contribution >= 0.6 is 11.8 Å². The van der Waals surface area contributed by atoms with Crippen LogP contribution in [0.3, 0.4) is 0 Å². The van der Waals surface area contributed by atoms with Crippen LogP contribution in [-0.2, 0) is 9.59 Å². The normalized spacial score (nSPS) is 13.7. The number of anilines is 1. The van der Waals surface area contributed by atoms with Gasteiger partial charge >= 0.3 is 0 Å². The number of carbonyl (C=O) groups is 2. The molecule has 1 heterocycles. The quantitative estimate of drug-likeness (QED) is 0.476. The smallest absolute Gasteiger partial charge is 0.273 e. The molecule has 32 heavy (non-hydrogen) atoms. The lowest BCUT2D eigenvalue weighted by atomic mass is 10.0. The summed E-state index contributed by atoms with van der Waals surface area (Å²) in [5, 5.41) is 0. The molecule has 0 N–H and O–H groups in total. The van der Waals surface area contributed by atoms with Crippen LogP contribution in [0.25, 0.3) is 5.57 Å². The molecule has 0 fully saturated rings. The molecule has 6 heteroatoms. The molecule has 4 rings (SSSR count). The molecule has 0 saturated heterocycles. The SMILES string of the molecule is COc1ccc(N2C(=O)C(Sc3ccccc3)=C(c3ccc(C)c(C)c3)C2=O)c(OC)c1. The zero-order valence-electron chi connectivity index (χ0n) is 18.3. The second kappa shape index (κ2) is 8.93. The van der Waals surface area contributed by atoms with E-state index in [1.807, 2.05) is 62.4 Å². The van der Waals surface area contributed by atoms with Gasteiger partial charge in [0.25, 0.3) is 11.8 Å². The second-order valence-corrected chi connectivity index (χ2v) is 8.49. The predicted octanol–water partition coefficient (Wildman–Crippen LogP) is 5.40. The molecule has 0 aliphatic carbocycles. The highest BCUT2D eigenvalue weighted by atomic mass is 32.2. The monoisotopic (exact) mass is 445 g/mol. The Morgan fingerprint density at radius 1 is 0.781 bits per heavy atom. The molecule has 3 aromatic rings. The maximum absolute atomic E-state index is 13.7. The summed E-state index contributed by atoms with van der Waals surface area (Å²) in [5.74, 6) is 0.211. The molecule has 0 unspecified atom stereocenters. The number of imide groups is 1. The van der Waals surface area contributed by atoms with Crippen LogP contribution in [0.15, 0.2) is 76.5 Å². The number of benzene rings is 3. The molecular formula is C26H23NO4S. The van der Waals surface area contributed by atoms with E-state index >= 15 is 0 Å². The van der Waals surface area contributed by atoms with E-state index in [9.17, 15) is 9.59 Å². The zero-order valence-corrected chi connectivity index (χ0v) is 19.2. The van der Waals surface area contributed by atoms with Gasteiger partial charge in [0.2, 0.25) is 0 Å². The van der Waals surface area contributed by atoms with Crippen LogP contribution in [0.1, 0.15) is 16.7 Å². The van der Waals surface area contributed by atoms with E-state index in [4.69, 9.17) is 9.47 Å². The van der Waals surface area contributed by atoms with Gasteiger partial charge in [-0.3, -0.25) is 9.59 Å². The number of aryl methyl sites for hydroxylation is 2. The predicted molar refractivity (Wildman–Crippen MR) is 127 cm³/mol. The van der Waals surface area contributed by atoms with Crippen molar-refractivity contribution < 1.29 is 19.1 Å². The Morgan fingerprint density at radius 3 is 2.19 bits per heavy atom. The summed E-state index contributed by atoms with van der Waals surface area (Å²) < 4.78 is 10.7. The lowest BCUT2D eigenvalue weighted by Gasteiger charge is -2.19. The van der Waals surface area contributed by atoms with Crippen molar-refractivity contribution in [3.8, 4) is 11.5 Å². The van der Waals surface area contributed by atoms with Crippen LogP contribution in [0.4, 0.5) is 5.69 Å². The maximum Gasteiger partial charge on any atom is 0.273 e. The highest BCUT2D eigenvalue weighted by Gasteiger charge is 2.41. The van der Waals surface area contributed by atoms with Crippen LogP contribution in [0.5, 0.6) is 11.5 Å². The minimum atomic E-state index is -0.375. The third-order valence-corrected chi connectivity index (χ3v) is 6.52. The van der Waals surface area contributed by atoms with Crippen molar-refractivity contribution in [3.63, 3.8) is 0 Å². The molecule has 0 radical (unpaired) electrons. The van der Waals surface area contributed by atoms with Gasteiger partial charge in [-0.15, -0.1) is 0 Å². The lowest BCUT2D eigenvalue weighted by molar-refractivity contribution is -0.119. The average Bonchev–Trinajstić information content (AvgIpc) is 3.05. The van der Waals surface area contributed by atoms with E-state index in [-0.39, 0.29) is 11.8 Å². The number of ether oxygens (including phenoxy) is 2. The van der Waals surface area contributed by atoms with Gasteiger partial charge < -0.3 is 9.47 Å². The fourth-order valence-corrected chi connectivity index (χ4v) is 4.57. The molecule has 1 aliphatic heterocycles. The van der Waals surface area contributed by atoms with E-state index in [2.05, 4.69) is 0 Å². The first-order valence-corrected chi connectivity index (χ1v) is 10.9. The van der Waals surface area contributed by atoms with Crippen molar-refractivity contribution in [2.24, 2.45) is 0 Å². The van der Waals surface area contributed by atoms with E-state index in [1.165, 1.54) is 23.8 Å². The molecule has 0 aromatic heterocycles. The molecule has 0 bridgehead atoms. The molecular weight excluding hydrogens is 422 g/mol. The lowest BCUT2D eigenvalue weighted by Crippen LogP contribution is -2.31. The van der Waals surface area contributed by atoms with Gasteiger partial charge in [0.1, 0.15) is 11.5 Å². The van der Waals surface area contributed by atoms with Crippen molar-refractivity contribution in [1.29, 1.82) is 0 Å². The third-order valence-electron chi connectivity index (χ3n) is 5.43. The van der Waals surface area contributed by atoms with E-state index in [1.54, 1.807) is 25.3 Å². The summed E-state index contributed by atoms with van der Waals surface area (Å²) in [7, 11) is 3.05. The fraction of sp³-hybridized carbons (Fsp3) is 0.154. The molecule has 2 amide bonds. The molecule has 1 aliphatic rings. The van der Waals surface area contributed by atoms with Gasteiger partial charge in [-0.1, -0.05) is 48.2 Å². The minimum Gasteiger partial charge on any atom is -0.497 e. The zero-order chi connectivity index (χ0) is 22.8. The van der Waals surface area contributed by atoms with Gasteiger partial charge in [-0.25, -0.2) is 4.90 Å². The van der Waals surface area contributed by atoms with Gasteiger partial charge in [0.05, 0.1) is 30.4 Å². The third kappa shape index (κ3) is 3.89. The summed E-state index contributed by atoms with van der Waals surface area (Å²) in [6.45, 7) is 4.01. The van der Waals surface area contributed by atoms with Crippen molar-refractivity contribution in [2.45, 2.75) is 18.7 Å². The largest absolute Gasteiger partial charge is 0.497 e. The summed E-state index contributed by atoms with van der Waals surface area (Å²) in [6, 6.07) is 20.4. The molecule has 162 valence electrons. The Hall–Kier alpha value is -3.51. The van der Waals surface area contributed by atoms with E-state index in [0.717, 1.165) is 21.6 Å². The summed E-state index contributed by atoms with van der Waals surface area (Å²) in [6.07, 6.45) is 0. The first kappa shape index (κ1) is 21.7. The molecule has 5 nitrogen and oxygen atoms in total.